The van der Waals surface area contributed by atoms with Crippen molar-refractivity contribution in [2.75, 3.05) is 0 Å². The Labute approximate surface area is 223 Å². The van der Waals surface area contributed by atoms with Crippen molar-refractivity contribution in [2.24, 2.45) is 0 Å². The van der Waals surface area contributed by atoms with Gasteiger partial charge in [0.15, 0.2) is 0 Å². The molecule has 3 aromatic rings. The van der Waals surface area contributed by atoms with E-state index in [0.29, 0.717) is 30.3 Å². The summed E-state index contributed by atoms with van der Waals surface area (Å²) in [5, 5.41) is 3.60. The van der Waals surface area contributed by atoms with Crippen molar-refractivity contribution in [3.05, 3.63) is 102 Å². The van der Waals surface area contributed by atoms with Crippen LogP contribution in [0.15, 0.2) is 69.2 Å². The lowest BCUT2D eigenvalue weighted by Crippen LogP contribution is -2.30. The van der Waals surface area contributed by atoms with Crippen LogP contribution in [-0.2, 0) is 17.9 Å². The fraction of sp³-hybridized carbons (Fsp3) is 0.120. The number of carbonyl (C=O) groups excluding carboxylic acids is 2. The van der Waals surface area contributed by atoms with Gasteiger partial charge >= 0.3 is 6.03 Å². The molecule has 3 aromatic carbocycles. The van der Waals surface area contributed by atoms with Gasteiger partial charge in [0.2, 0.25) is 0 Å². The average Bonchev–Trinajstić information content (AvgIpc) is 3.03. The number of nitrogens with zero attached hydrogens (tertiary/aromatic N) is 1. The summed E-state index contributed by atoms with van der Waals surface area (Å²) in [6, 6.07) is 16.2. The van der Waals surface area contributed by atoms with Crippen LogP contribution < -0.4 is 10.1 Å². The first kappa shape index (κ1) is 24.8. The van der Waals surface area contributed by atoms with Gasteiger partial charge in [0.25, 0.3) is 5.91 Å². The van der Waals surface area contributed by atoms with E-state index in [-0.39, 0.29) is 24.8 Å². The average molecular weight is 625 g/mol. The smallest absolute Gasteiger partial charge is 0.329 e. The minimum absolute atomic E-state index is 0.207. The lowest BCUT2D eigenvalue weighted by atomic mass is 10.1. The van der Waals surface area contributed by atoms with E-state index < -0.39 is 6.03 Å². The van der Waals surface area contributed by atoms with Gasteiger partial charge in [-0.15, -0.1) is 0 Å². The van der Waals surface area contributed by atoms with Crippen LogP contribution in [0.1, 0.15) is 22.3 Å². The molecular formula is C25H18Br2Cl2N2O3. The predicted molar refractivity (Wildman–Crippen MR) is 141 cm³/mol. The third-order valence-corrected chi connectivity index (χ3v) is 7.00. The van der Waals surface area contributed by atoms with Crippen LogP contribution in [0, 0.1) is 6.92 Å². The molecule has 0 aromatic heterocycles. The highest BCUT2D eigenvalue weighted by Crippen LogP contribution is 2.36. The Hall–Kier alpha value is -2.32. The minimum Gasteiger partial charge on any atom is -0.487 e. The molecule has 1 heterocycles. The van der Waals surface area contributed by atoms with Crippen LogP contribution in [0.4, 0.5) is 4.79 Å². The number of imide groups is 1. The molecule has 0 atom stereocenters. The fourth-order valence-electron chi connectivity index (χ4n) is 3.46. The SMILES string of the molecule is Cc1cccc(CN2C(=O)N/C(=C/c3cc(Br)c(OCc4ccc(Cl)c(Cl)c4)c(Br)c3)C2=O)c1. The van der Waals surface area contributed by atoms with Crippen LogP contribution in [0.2, 0.25) is 10.0 Å². The van der Waals surface area contributed by atoms with E-state index in [1.54, 1.807) is 18.2 Å². The second-order valence-corrected chi connectivity index (χ2v) is 10.2. The Morgan fingerprint density at radius 3 is 2.38 bits per heavy atom. The highest BCUT2D eigenvalue weighted by molar-refractivity contribution is 9.11. The number of ether oxygens (including phenoxy) is 1. The van der Waals surface area contributed by atoms with E-state index in [4.69, 9.17) is 27.9 Å². The Morgan fingerprint density at radius 1 is 0.971 bits per heavy atom. The van der Waals surface area contributed by atoms with Gasteiger partial charge < -0.3 is 10.1 Å². The lowest BCUT2D eigenvalue weighted by Gasteiger charge is -2.12. The van der Waals surface area contributed by atoms with Gasteiger partial charge in [0, 0.05) is 0 Å². The summed E-state index contributed by atoms with van der Waals surface area (Å²) in [5.74, 6) is 0.217. The molecule has 0 saturated carbocycles. The number of carbonyl (C=O) groups is 2. The van der Waals surface area contributed by atoms with Crippen LogP contribution in [-0.4, -0.2) is 16.8 Å². The van der Waals surface area contributed by atoms with E-state index in [1.807, 2.05) is 49.4 Å². The monoisotopic (exact) mass is 622 g/mol. The predicted octanol–water partition coefficient (Wildman–Crippen LogP) is 7.50. The largest absolute Gasteiger partial charge is 0.487 e. The molecule has 174 valence electrons. The molecule has 3 amide bonds. The van der Waals surface area contributed by atoms with E-state index in [0.717, 1.165) is 16.7 Å². The molecule has 0 unspecified atom stereocenters. The van der Waals surface area contributed by atoms with Gasteiger partial charge in [-0.1, -0.05) is 59.1 Å². The summed E-state index contributed by atoms with van der Waals surface area (Å²) < 4.78 is 7.31. The molecule has 5 nitrogen and oxygen atoms in total. The molecule has 9 heteroatoms. The summed E-state index contributed by atoms with van der Waals surface area (Å²) in [6.45, 7) is 2.46. The molecule has 1 aliphatic heterocycles. The standard InChI is InChI=1S/C25H18Br2Cl2N2O3/c1-14-3-2-4-15(7-14)12-31-24(32)22(30-25(31)33)11-17-8-18(26)23(19(27)9-17)34-13-16-5-6-20(28)21(29)10-16/h2-11H,12-13H2,1H3,(H,30,33)/b22-11+. The van der Waals surface area contributed by atoms with Gasteiger partial charge in [-0.3, -0.25) is 9.69 Å². The zero-order chi connectivity index (χ0) is 24.4. The molecule has 0 radical (unpaired) electrons. The Bertz CT molecular complexity index is 1300. The molecule has 1 aliphatic rings. The van der Waals surface area contributed by atoms with Gasteiger partial charge in [0.05, 0.1) is 25.5 Å². The quantitative estimate of drug-likeness (QED) is 0.228. The second kappa shape index (κ2) is 10.5. The van der Waals surface area contributed by atoms with E-state index in [2.05, 4.69) is 37.2 Å². The second-order valence-electron chi connectivity index (χ2n) is 7.72. The first-order valence-corrected chi connectivity index (χ1v) is 12.5. The summed E-state index contributed by atoms with van der Waals surface area (Å²) in [6.07, 6.45) is 1.63. The van der Waals surface area contributed by atoms with Crippen LogP contribution in [0.25, 0.3) is 6.08 Å². The van der Waals surface area contributed by atoms with Crippen molar-refractivity contribution < 1.29 is 14.3 Å². The maximum atomic E-state index is 12.9. The Kier molecular flexibility index (Phi) is 7.67. The molecule has 1 N–H and O–H groups in total. The van der Waals surface area contributed by atoms with Crippen molar-refractivity contribution in [2.45, 2.75) is 20.1 Å². The molecule has 0 spiro atoms. The number of rotatable bonds is 6. The maximum absolute atomic E-state index is 12.9. The van der Waals surface area contributed by atoms with Crippen LogP contribution >= 0.6 is 55.1 Å². The molecule has 1 saturated heterocycles. The van der Waals surface area contributed by atoms with Crippen LogP contribution in [0.3, 0.4) is 0 Å². The van der Waals surface area contributed by atoms with Gasteiger partial charge in [-0.25, -0.2) is 4.79 Å². The zero-order valence-electron chi connectivity index (χ0n) is 17.9. The summed E-state index contributed by atoms with van der Waals surface area (Å²) >= 11 is 19.1. The van der Waals surface area contributed by atoms with Gasteiger partial charge in [-0.05, 0) is 85.8 Å². The third-order valence-electron chi connectivity index (χ3n) is 5.08. The van der Waals surface area contributed by atoms with Crippen LogP contribution in [0.5, 0.6) is 5.75 Å². The third kappa shape index (κ3) is 5.66. The molecule has 0 bridgehead atoms. The van der Waals surface area contributed by atoms with Gasteiger partial charge in [-0.2, -0.15) is 0 Å². The molecule has 0 aliphatic carbocycles. The van der Waals surface area contributed by atoms with Gasteiger partial charge in [0.1, 0.15) is 18.1 Å². The number of urea groups is 1. The summed E-state index contributed by atoms with van der Waals surface area (Å²) in [7, 11) is 0. The maximum Gasteiger partial charge on any atom is 0.329 e. The van der Waals surface area contributed by atoms with Crippen molar-refractivity contribution in [1.29, 1.82) is 0 Å². The van der Waals surface area contributed by atoms with E-state index in [1.165, 1.54) is 4.90 Å². The number of hydrogen-bond acceptors (Lipinski definition) is 3. The zero-order valence-corrected chi connectivity index (χ0v) is 22.6. The van der Waals surface area contributed by atoms with E-state index in [9.17, 15) is 9.59 Å². The van der Waals surface area contributed by atoms with Crippen molar-refractivity contribution >= 4 is 73.1 Å². The topological polar surface area (TPSA) is 58.6 Å². The van der Waals surface area contributed by atoms with Crippen molar-refractivity contribution in [1.82, 2.24) is 10.2 Å². The number of halogens is 4. The summed E-state index contributed by atoms with van der Waals surface area (Å²) in [4.78, 5) is 26.5. The number of amides is 3. The number of benzene rings is 3. The summed E-state index contributed by atoms with van der Waals surface area (Å²) in [5.41, 5.74) is 3.74. The number of hydrogen-bond donors (Lipinski definition) is 1. The first-order valence-electron chi connectivity index (χ1n) is 10.2. The Balaban J connectivity index is 1.50. The first-order chi connectivity index (χ1) is 16.2. The Morgan fingerprint density at radius 2 is 1.71 bits per heavy atom. The molecule has 1 fully saturated rings. The lowest BCUT2D eigenvalue weighted by molar-refractivity contribution is -0.123. The normalized spacial score (nSPS) is 14.6. The van der Waals surface area contributed by atoms with E-state index >= 15 is 0 Å². The molecular weight excluding hydrogens is 607 g/mol. The highest BCUT2D eigenvalue weighted by Gasteiger charge is 2.33. The van der Waals surface area contributed by atoms with Crippen molar-refractivity contribution in [3.8, 4) is 5.75 Å². The number of nitrogens with one attached hydrogen (secondary N) is 1. The molecule has 34 heavy (non-hydrogen) atoms. The highest BCUT2D eigenvalue weighted by atomic mass is 79.9. The fourth-order valence-corrected chi connectivity index (χ4v) is 5.23. The number of aryl methyl sites for hydroxylation is 1. The molecule has 4 rings (SSSR count). The van der Waals surface area contributed by atoms with Crippen molar-refractivity contribution in [3.63, 3.8) is 0 Å². The minimum atomic E-state index is -0.447.